The highest BCUT2D eigenvalue weighted by atomic mass is 16.5. The van der Waals surface area contributed by atoms with Crippen LogP contribution in [-0.2, 0) is 16.8 Å². The fraction of sp³-hybridized carbons (Fsp3) is 0.321. The lowest BCUT2D eigenvalue weighted by atomic mass is 9.87. The molecule has 35 heavy (non-hydrogen) atoms. The van der Waals surface area contributed by atoms with E-state index >= 15 is 0 Å². The number of carbonyl (C=O) groups is 2. The van der Waals surface area contributed by atoms with Crippen LogP contribution in [0.4, 0.5) is 16.2 Å². The lowest BCUT2D eigenvalue weighted by Crippen LogP contribution is -2.43. The number of ether oxygens (including phenoxy) is 1. The molecule has 1 fully saturated rings. The molecule has 2 aliphatic heterocycles. The van der Waals surface area contributed by atoms with E-state index in [1.54, 1.807) is 32.1 Å². The van der Waals surface area contributed by atoms with Crippen molar-refractivity contribution >= 4 is 23.3 Å². The first-order chi connectivity index (χ1) is 16.6. The van der Waals surface area contributed by atoms with E-state index in [4.69, 9.17) is 4.74 Å². The van der Waals surface area contributed by atoms with Crippen LogP contribution in [0, 0.1) is 0 Å². The molecule has 0 aliphatic carbocycles. The van der Waals surface area contributed by atoms with Crippen LogP contribution in [0.2, 0.25) is 0 Å². The summed E-state index contributed by atoms with van der Waals surface area (Å²) < 4.78 is 5.24. The molecule has 180 valence electrons. The zero-order chi connectivity index (χ0) is 25.0. The number of anilines is 2. The highest BCUT2D eigenvalue weighted by Crippen LogP contribution is 2.40. The van der Waals surface area contributed by atoms with Gasteiger partial charge in [-0.25, -0.2) is 9.69 Å². The summed E-state index contributed by atoms with van der Waals surface area (Å²) in [5, 5.41) is 3.41. The number of hydrogen-bond donors (Lipinski definition) is 1. The fourth-order valence-electron chi connectivity index (χ4n) is 4.82. The smallest absolute Gasteiger partial charge is 0.332 e. The Balaban J connectivity index is 1.42. The molecule has 7 heteroatoms. The fourth-order valence-corrected chi connectivity index (χ4v) is 4.82. The Kier molecular flexibility index (Phi) is 5.31. The molecule has 3 amide bonds. The van der Waals surface area contributed by atoms with Crippen molar-refractivity contribution in [3.8, 4) is 17.0 Å². The predicted molar refractivity (Wildman–Crippen MR) is 137 cm³/mol. The van der Waals surface area contributed by atoms with Gasteiger partial charge in [-0.1, -0.05) is 19.9 Å². The van der Waals surface area contributed by atoms with Crippen LogP contribution in [-0.4, -0.2) is 41.0 Å². The van der Waals surface area contributed by atoms with Gasteiger partial charge in [0.2, 0.25) is 0 Å². The average Bonchev–Trinajstić information content (AvgIpc) is 3.24. The predicted octanol–water partition coefficient (Wildman–Crippen LogP) is 5.21. The molecule has 2 aliphatic rings. The zero-order valence-electron chi connectivity index (χ0n) is 20.8. The number of urea groups is 1. The van der Waals surface area contributed by atoms with E-state index in [1.807, 2.05) is 54.6 Å². The minimum Gasteiger partial charge on any atom is -0.497 e. The number of benzene rings is 2. The zero-order valence-corrected chi connectivity index (χ0v) is 20.8. The van der Waals surface area contributed by atoms with Crippen molar-refractivity contribution in [1.29, 1.82) is 0 Å². The summed E-state index contributed by atoms with van der Waals surface area (Å²) in [5.74, 6) is 0.544. The Morgan fingerprint density at radius 3 is 2.46 bits per heavy atom. The van der Waals surface area contributed by atoms with Gasteiger partial charge < -0.3 is 15.0 Å². The van der Waals surface area contributed by atoms with Gasteiger partial charge in [0.25, 0.3) is 5.91 Å². The number of rotatable bonds is 5. The van der Waals surface area contributed by atoms with Crippen LogP contribution >= 0.6 is 0 Å². The molecule has 1 aromatic heterocycles. The molecule has 0 unspecified atom stereocenters. The molecule has 5 rings (SSSR count). The molecular weight excluding hydrogens is 440 g/mol. The maximum absolute atomic E-state index is 13.6. The Hall–Kier alpha value is -3.87. The topological polar surface area (TPSA) is 74.8 Å². The van der Waals surface area contributed by atoms with Crippen molar-refractivity contribution in [3.63, 3.8) is 0 Å². The number of fused-ring (bicyclic) bond motifs is 1. The second-order valence-corrected chi connectivity index (χ2v) is 10.3. The van der Waals surface area contributed by atoms with Gasteiger partial charge >= 0.3 is 6.03 Å². The number of pyridine rings is 1. The van der Waals surface area contributed by atoms with Gasteiger partial charge in [-0.3, -0.25) is 9.78 Å². The van der Waals surface area contributed by atoms with E-state index in [0.717, 1.165) is 34.8 Å². The van der Waals surface area contributed by atoms with Crippen molar-refractivity contribution in [3.05, 3.63) is 71.9 Å². The lowest BCUT2D eigenvalue weighted by Gasteiger charge is -2.27. The number of imide groups is 1. The van der Waals surface area contributed by atoms with Gasteiger partial charge in [-0.15, -0.1) is 0 Å². The summed E-state index contributed by atoms with van der Waals surface area (Å²) in [4.78, 5) is 34.4. The van der Waals surface area contributed by atoms with E-state index in [9.17, 15) is 9.59 Å². The molecule has 1 saturated heterocycles. The minimum atomic E-state index is -0.980. The summed E-state index contributed by atoms with van der Waals surface area (Å²) in [6, 6.07) is 17.0. The molecule has 0 spiro atoms. The van der Waals surface area contributed by atoms with Crippen molar-refractivity contribution in [2.45, 2.75) is 45.2 Å². The molecule has 1 N–H and O–H groups in total. The van der Waals surface area contributed by atoms with Crippen molar-refractivity contribution < 1.29 is 14.3 Å². The molecule has 0 bridgehead atoms. The third-order valence-electron chi connectivity index (χ3n) is 7.09. The lowest BCUT2D eigenvalue weighted by molar-refractivity contribution is -0.123. The molecule has 2 aromatic carbocycles. The van der Waals surface area contributed by atoms with Gasteiger partial charge in [0.1, 0.15) is 11.3 Å². The Morgan fingerprint density at radius 2 is 1.74 bits per heavy atom. The van der Waals surface area contributed by atoms with Crippen LogP contribution in [0.5, 0.6) is 5.75 Å². The van der Waals surface area contributed by atoms with Gasteiger partial charge in [0.05, 0.1) is 18.5 Å². The quantitative estimate of drug-likeness (QED) is 0.518. The highest BCUT2D eigenvalue weighted by molar-refractivity contribution is 6.23. The third kappa shape index (κ3) is 3.81. The second kappa shape index (κ2) is 8.12. The number of nitrogens with one attached hydrogen (secondary N) is 1. The van der Waals surface area contributed by atoms with Crippen molar-refractivity contribution in [2.24, 2.45) is 0 Å². The van der Waals surface area contributed by atoms with Crippen LogP contribution in [0.1, 0.15) is 38.8 Å². The van der Waals surface area contributed by atoms with Crippen LogP contribution in [0.3, 0.4) is 0 Å². The van der Waals surface area contributed by atoms with E-state index in [-0.39, 0.29) is 17.4 Å². The van der Waals surface area contributed by atoms with Gasteiger partial charge in [-0.2, -0.15) is 0 Å². The second-order valence-electron chi connectivity index (χ2n) is 10.3. The van der Waals surface area contributed by atoms with Crippen molar-refractivity contribution in [1.82, 2.24) is 9.88 Å². The molecule has 7 nitrogen and oxygen atoms in total. The molecule has 3 aromatic rings. The van der Waals surface area contributed by atoms with E-state index < -0.39 is 5.54 Å². The first kappa shape index (κ1) is 22.9. The van der Waals surface area contributed by atoms with E-state index in [1.165, 1.54) is 10.5 Å². The number of carbonyl (C=O) groups excluding carboxylic acids is 2. The maximum atomic E-state index is 13.6. The Labute approximate surface area is 205 Å². The summed E-state index contributed by atoms with van der Waals surface area (Å²) in [7, 11) is 1.63. The number of methoxy groups -OCH3 is 1. The molecule has 0 atom stereocenters. The monoisotopic (exact) mass is 470 g/mol. The number of hydrogen-bond acceptors (Lipinski definition) is 5. The third-order valence-corrected chi connectivity index (χ3v) is 7.09. The molecular formula is C28H30N4O3. The van der Waals surface area contributed by atoms with E-state index in [0.29, 0.717) is 12.2 Å². The summed E-state index contributed by atoms with van der Waals surface area (Å²) in [5.41, 5.74) is 4.44. The van der Waals surface area contributed by atoms with Gasteiger partial charge in [0.15, 0.2) is 0 Å². The minimum absolute atomic E-state index is 0.0150. The summed E-state index contributed by atoms with van der Waals surface area (Å²) in [6.45, 7) is 9.08. The normalized spacial score (nSPS) is 18.0. The largest absolute Gasteiger partial charge is 0.497 e. The Morgan fingerprint density at radius 1 is 1.00 bits per heavy atom. The summed E-state index contributed by atoms with van der Waals surface area (Å²) >= 11 is 0. The van der Waals surface area contributed by atoms with Crippen molar-refractivity contribution in [2.75, 3.05) is 23.9 Å². The molecule has 0 radical (unpaired) electrons. The number of nitrogens with zero attached hydrogens (tertiary/aromatic N) is 3. The first-order valence-electron chi connectivity index (χ1n) is 11.8. The van der Waals surface area contributed by atoms with Gasteiger partial charge in [0, 0.05) is 36.0 Å². The number of amides is 3. The van der Waals surface area contributed by atoms with E-state index in [2.05, 4.69) is 24.1 Å². The van der Waals surface area contributed by atoms with Crippen LogP contribution in [0.15, 0.2) is 60.8 Å². The first-order valence-corrected chi connectivity index (χ1v) is 11.8. The number of aromatic nitrogens is 1. The van der Waals surface area contributed by atoms with Gasteiger partial charge in [-0.05, 0) is 73.5 Å². The highest BCUT2D eigenvalue weighted by Gasteiger charge is 2.52. The maximum Gasteiger partial charge on any atom is 0.332 e. The standard InChI is InChI=1S/C28H30N4O3/c1-27(2)17-30-24-15-20(8-11-22(24)27)32-25(33)28(3,4)31(26(32)34)16-18-12-13-29-23(14-18)19-6-9-21(35-5)10-7-19/h6-15,30H,16-17H2,1-5H3. The average molecular weight is 471 g/mol. The summed E-state index contributed by atoms with van der Waals surface area (Å²) in [6.07, 6.45) is 1.73. The van der Waals surface area contributed by atoms with Crippen LogP contribution < -0.4 is 15.0 Å². The molecule has 0 saturated carbocycles. The Bertz CT molecular complexity index is 1310. The SMILES string of the molecule is COc1ccc(-c2cc(CN3C(=O)N(c4ccc5c(c4)NCC5(C)C)C(=O)C3(C)C)ccn2)cc1. The van der Waals surface area contributed by atoms with Crippen LogP contribution in [0.25, 0.3) is 11.3 Å². The molecule has 3 heterocycles.